The number of halogens is 1. The molecule has 5 rings (SSSR count). The lowest BCUT2D eigenvalue weighted by molar-refractivity contribution is 0.102. The van der Waals surface area contributed by atoms with E-state index in [1.165, 1.54) is 16.4 Å². The number of aromatic nitrogens is 2. The summed E-state index contributed by atoms with van der Waals surface area (Å²) in [6, 6.07) is 10.8. The predicted molar refractivity (Wildman–Crippen MR) is 118 cm³/mol. The van der Waals surface area contributed by atoms with E-state index in [1.54, 1.807) is 30.3 Å². The van der Waals surface area contributed by atoms with Crippen LogP contribution < -0.4 is 14.8 Å². The van der Waals surface area contributed by atoms with Gasteiger partial charge in [-0.05, 0) is 43.2 Å². The van der Waals surface area contributed by atoms with Crippen LogP contribution in [0.2, 0.25) is 5.02 Å². The van der Waals surface area contributed by atoms with Crippen molar-refractivity contribution < 1.29 is 22.7 Å². The Balaban J connectivity index is 1.35. The van der Waals surface area contributed by atoms with Crippen molar-refractivity contribution in [2.45, 2.75) is 23.8 Å². The van der Waals surface area contributed by atoms with Gasteiger partial charge >= 0.3 is 0 Å². The number of carbonyl (C=O) groups excluding carboxylic acids is 1. The minimum Gasteiger partial charge on any atom is -0.454 e. The molecule has 0 unspecified atom stereocenters. The average molecular weight is 493 g/mol. The summed E-state index contributed by atoms with van der Waals surface area (Å²) < 4.78 is 38.3. The van der Waals surface area contributed by atoms with Gasteiger partial charge in [0.2, 0.25) is 21.8 Å². The third kappa shape index (κ3) is 3.92. The molecule has 3 heterocycles. The lowest BCUT2D eigenvalue weighted by Gasteiger charge is -2.22. The number of sulfonamides is 1. The summed E-state index contributed by atoms with van der Waals surface area (Å²) in [7, 11) is -3.76. The summed E-state index contributed by atoms with van der Waals surface area (Å²) in [6.07, 6.45) is 1.28. The summed E-state index contributed by atoms with van der Waals surface area (Å²) in [5, 5.41) is 11.8. The molecule has 0 saturated carbocycles. The highest BCUT2D eigenvalue weighted by molar-refractivity contribution is 7.89. The zero-order valence-electron chi connectivity index (χ0n) is 16.5. The van der Waals surface area contributed by atoms with Gasteiger partial charge in [-0.2, -0.15) is 4.31 Å². The number of ether oxygens (including phenoxy) is 2. The van der Waals surface area contributed by atoms with Crippen LogP contribution in [0.1, 0.15) is 33.7 Å². The molecule has 1 amide bonds. The van der Waals surface area contributed by atoms with Gasteiger partial charge in [0.1, 0.15) is 5.01 Å². The molecular formula is C20H17ClN4O5S2. The normalized spacial score (nSPS) is 18.1. The highest BCUT2D eigenvalue weighted by Gasteiger charge is 2.38. The van der Waals surface area contributed by atoms with Crippen LogP contribution in [0.25, 0.3) is 0 Å². The number of fused-ring (bicyclic) bond motifs is 1. The Labute approximate surface area is 193 Å². The second-order valence-corrected chi connectivity index (χ2v) is 10.5. The SMILES string of the molecule is O=C(Nc1ccc2c(c1)OCO2)c1nnc([C@@H]2CCCN2S(=O)(=O)c2cccc(Cl)c2)s1. The molecule has 1 aromatic heterocycles. The molecule has 2 aromatic carbocycles. The molecule has 1 fully saturated rings. The molecule has 3 aromatic rings. The third-order valence-corrected chi connectivity index (χ3v) is 8.32. The van der Waals surface area contributed by atoms with Crippen LogP contribution in [0, 0.1) is 0 Å². The molecule has 0 radical (unpaired) electrons. The Morgan fingerprint density at radius 3 is 2.84 bits per heavy atom. The van der Waals surface area contributed by atoms with Crippen LogP contribution >= 0.6 is 22.9 Å². The van der Waals surface area contributed by atoms with Crippen molar-refractivity contribution in [2.75, 3.05) is 18.7 Å². The van der Waals surface area contributed by atoms with Gasteiger partial charge in [0.25, 0.3) is 5.91 Å². The van der Waals surface area contributed by atoms with E-state index in [2.05, 4.69) is 15.5 Å². The van der Waals surface area contributed by atoms with Crippen molar-refractivity contribution >= 4 is 44.6 Å². The van der Waals surface area contributed by atoms with E-state index in [0.717, 1.165) is 11.3 Å². The second kappa shape index (κ2) is 8.32. The topological polar surface area (TPSA) is 111 Å². The number of hydrogen-bond acceptors (Lipinski definition) is 8. The number of nitrogens with one attached hydrogen (secondary N) is 1. The van der Waals surface area contributed by atoms with Gasteiger partial charge in [-0.3, -0.25) is 4.79 Å². The molecule has 12 heteroatoms. The fourth-order valence-corrected chi connectivity index (χ4v) is 6.57. The summed E-state index contributed by atoms with van der Waals surface area (Å²) in [6.45, 7) is 0.500. The molecule has 0 aliphatic carbocycles. The predicted octanol–water partition coefficient (Wildman–Crippen LogP) is 3.70. The van der Waals surface area contributed by atoms with Crippen molar-refractivity contribution in [3.8, 4) is 11.5 Å². The van der Waals surface area contributed by atoms with Gasteiger partial charge < -0.3 is 14.8 Å². The summed E-state index contributed by atoms with van der Waals surface area (Å²) in [5.41, 5.74) is 0.530. The standard InChI is InChI=1S/C20H17ClN4O5S2/c21-12-3-1-4-14(9-12)32(27,28)25-8-2-5-15(25)19-23-24-20(31-19)18(26)22-13-6-7-16-17(10-13)30-11-29-16/h1,3-4,6-7,9-10,15H,2,5,8,11H2,(H,22,26)/t15-/m0/s1. The number of amides is 1. The van der Waals surface area contributed by atoms with Crippen LogP contribution in [0.4, 0.5) is 5.69 Å². The fraction of sp³-hybridized carbons (Fsp3) is 0.250. The Kier molecular flexibility index (Phi) is 5.49. The molecular weight excluding hydrogens is 476 g/mol. The Morgan fingerprint density at radius 1 is 1.16 bits per heavy atom. The van der Waals surface area contributed by atoms with Gasteiger partial charge in [-0.15, -0.1) is 10.2 Å². The van der Waals surface area contributed by atoms with Gasteiger partial charge in [0.05, 0.1) is 10.9 Å². The highest BCUT2D eigenvalue weighted by Crippen LogP contribution is 2.38. The molecule has 1 saturated heterocycles. The molecule has 2 aliphatic rings. The van der Waals surface area contributed by atoms with Gasteiger partial charge in [0, 0.05) is 23.3 Å². The van der Waals surface area contributed by atoms with Gasteiger partial charge in [-0.25, -0.2) is 8.42 Å². The van der Waals surface area contributed by atoms with Crippen LogP contribution in [-0.2, 0) is 10.0 Å². The number of carbonyl (C=O) groups is 1. The first-order chi connectivity index (χ1) is 15.4. The fourth-order valence-electron chi connectivity index (χ4n) is 3.66. The van der Waals surface area contributed by atoms with Crippen molar-refractivity contribution in [3.63, 3.8) is 0 Å². The van der Waals surface area contributed by atoms with Gasteiger partial charge in [-0.1, -0.05) is 29.0 Å². The maximum Gasteiger partial charge on any atom is 0.286 e. The second-order valence-electron chi connectivity index (χ2n) is 7.20. The van der Waals surface area contributed by atoms with Crippen molar-refractivity contribution in [1.82, 2.24) is 14.5 Å². The van der Waals surface area contributed by atoms with Crippen LogP contribution in [0.5, 0.6) is 11.5 Å². The van der Waals surface area contributed by atoms with E-state index in [1.807, 2.05) is 0 Å². The largest absolute Gasteiger partial charge is 0.454 e. The lowest BCUT2D eigenvalue weighted by Crippen LogP contribution is -2.30. The monoisotopic (exact) mass is 492 g/mol. The van der Waals surface area contributed by atoms with E-state index in [-0.39, 0.29) is 16.7 Å². The smallest absolute Gasteiger partial charge is 0.286 e. The molecule has 1 atom stereocenters. The van der Waals surface area contributed by atoms with E-state index < -0.39 is 22.0 Å². The van der Waals surface area contributed by atoms with E-state index in [4.69, 9.17) is 21.1 Å². The number of benzene rings is 2. The van der Waals surface area contributed by atoms with E-state index >= 15 is 0 Å². The molecule has 9 nitrogen and oxygen atoms in total. The minimum absolute atomic E-state index is 0.127. The maximum absolute atomic E-state index is 13.2. The molecule has 2 aliphatic heterocycles. The average Bonchev–Trinajstić information content (AvgIpc) is 3.53. The summed E-state index contributed by atoms with van der Waals surface area (Å²) >= 11 is 7.06. The Hall–Kier alpha value is -2.73. The molecule has 0 spiro atoms. The minimum atomic E-state index is -3.76. The van der Waals surface area contributed by atoms with Crippen LogP contribution in [-0.4, -0.2) is 42.2 Å². The molecule has 32 heavy (non-hydrogen) atoms. The zero-order valence-corrected chi connectivity index (χ0v) is 18.9. The van der Waals surface area contributed by atoms with E-state index in [9.17, 15) is 13.2 Å². The first-order valence-corrected chi connectivity index (χ1v) is 12.4. The van der Waals surface area contributed by atoms with Crippen LogP contribution in [0.15, 0.2) is 47.4 Å². The van der Waals surface area contributed by atoms with Gasteiger partial charge in [0.15, 0.2) is 11.5 Å². The van der Waals surface area contributed by atoms with Crippen molar-refractivity contribution in [3.05, 3.63) is 57.5 Å². The molecule has 166 valence electrons. The van der Waals surface area contributed by atoms with Crippen LogP contribution in [0.3, 0.4) is 0 Å². The Bertz CT molecular complexity index is 1300. The molecule has 1 N–H and O–H groups in total. The first-order valence-electron chi connectivity index (χ1n) is 9.73. The number of nitrogens with zero attached hydrogens (tertiary/aromatic N) is 3. The summed E-state index contributed by atoms with van der Waals surface area (Å²) in [5.74, 6) is 0.729. The number of anilines is 1. The Morgan fingerprint density at radius 2 is 2.00 bits per heavy atom. The maximum atomic E-state index is 13.2. The quantitative estimate of drug-likeness (QED) is 0.578. The third-order valence-electron chi connectivity index (χ3n) is 5.16. The number of hydrogen-bond donors (Lipinski definition) is 1. The van der Waals surface area contributed by atoms with Crippen molar-refractivity contribution in [1.29, 1.82) is 0 Å². The number of rotatable bonds is 5. The van der Waals surface area contributed by atoms with E-state index in [0.29, 0.717) is 46.6 Å². The van der Waals surface area contributed by atoms with Crippen molar-refractivity contribution in [2.24, 2.45) is 0 Å². The molecule has 0 bridgehead atoms. The summed E-state index contributed by atoms with van der Waals surface area (Å²) in [4.78, 5) is 12.8. The zero-order chi connectivity index (χ0) is 22.3. The lowest BCUT2D eigenvalue weighted by atomic mass is 10.2. The highest BCUT2D eigenvalue weighted by atomic mass is 35.5. The first kappa shape index (κ1) is 21.1.